The highest BCUT2D eigenvalue weighted by atomic mass is 19.4. The molecule has 0 spiro atoms. The number of carbonyl (C=O) groups is 1. The highest BCUT2D eigenvalue weighted by Gasteiger charge is 2.42. The molecule has 0 aliphatic carbocycles. The molecule has 1 unspecified atom stereocenters. The molecule has 0 saturated heterocycles. The van der Waals surface area contributed by atoms with Crippen molar-refractivity contribution in [1.29, 1.82) is 0 Å². The second-order valence-corrected chi connectivity index (χ2v) is 4.42. The van der Waals surface area contributed by atoms with Gasteiger partial charge in [-0.2, -0.15) is 13.2 Å². The highest BCUT2D eigenvalue weighted by molar-refractivity contribution is 5.82. The zero-order valence-electron chi connectivity index (χ0n) is 11.4. The van der Waals surface area contributed by atoms with E-state index in [1.165, 1.54) is 6.92 Å². The number of carbonyl (C=O) groups excluding carboxylic acids is 1. The lowest BCUT2D eigenvalue weighted by Crippen LogP contribution is -2.51. The number of halogens is 5. The molecule has 1 atom stereocenters. The fourth-order valence-corrected chi connectivity index (χ4v) is 1.72. The van der Waals surface area contributed by atoms with E-state index in [2.05, 4.69) is 4.74 Å². The van der Waals surface area contributed by atoms with Crippen LogP contribution in [0.5, 0.6) is 0 Å². The summed E-state index contributed by atoms with van der Waals surface area (Å²) >= 11 is 0. The molecule has 0 aliphatic heterocycles. The van der Waals surface area contributed by atoms with Crippen molar-refractivity contribution in [2.75, 3.05) is 13.2 Å². The largest absolute Gasteiger partial charge is 0.464 e. The summed E-state index contributed by atoms with van der Waals surface area (Å²) in [5.41, 5.74) is -2.71. The number of esters is 1. The Bertz CT molecular complexity index is 518. The summed E-state index contributed by atoms with van der Waals surface area (Å²) in [7, 11) is 0. The lowest BCUT2D eigenvalue weighted by atomic mass is 9.91. The predicted octanol–water partition coefficient (Wildman–Crippen LogP) is 2.90. The van der Waals surface area contributed by atoms with Crippen molar-refractivity contribution < 1.29 is 31.5 Å². The second kappa shape index (κ2) is 6.38. The summed E-state index contributed by atoms with van der Waals surface area (Å²) in [5.74, 6) is -3.79. The number of benzene rings is 1. The molecule has 21 heavy (non-hydrogen) atoms. The summed E-state index contributed by atoms with van der Waals surface area (Å²) < 4.78 is 68.8. The molecule has 1 aromatic carbocycles. The Morgan fingerprint density at radius 3 is 2.43 bits per heavy atom. The topological polar surface area (TPSA) is 38.3 Å². The van der Waals surface area contributed by atoms with Gasteiger partial charge < -0.3 is 4.74 Å². The molecule has 118 valence electrons. The first-order valence-electron chi connectivity index (χ1n) is 6.05. The van der Waals surface area contributed by atoms with Crippen molar-refractivity contribution in [2.24, 2.45) is 0 Å². The van der Waals surface area contributed by atoms with Crippen LogP contribution in [0.15, 0.2) is 18.2 Å². The van der Waals surface area contributed by atoms with Gasteiger partial charge in [0, 0.05) is 5.56 Å². The van der Waals surface area contributed by atoms with Crippen LogP contribution in [0.25, 0.3) is 0 Å². The maximum Gasteiger partial charge on any atom is 0.401 e. The molecule has 1 rings (SSSR count). The molecule has 0 aliphatic rings. The van der Waals surface area contributed by atoms with E-state index < -0.39 is 41.4 Å². The fourth-order valence-electron chi connectivity index (χ4n) is 1.72. The molecule has 0 bridgehead atoms. The Balaban J connectivity index is 3.24. The minimum absolute atomic E-state index is 0.112. The van der Waals surface area contributed by atoms with E-state index in [0.717, 1.165) is 25.1 Å². The number of rotatable bonds is 5. The molecule has 0 amide bonds. The monoisotopic (exact) mass is 311 g/mol. The van der Waals surface area contributed by atoms with Crippen LogP contribution in [-0.4, -0.2) is 25.3 Å². The van der Waals surface area contributed by atoms with Crippen LogP contribution in [0.3, 0.4) is 0 Å². The van der Waals surface area contributed by atoms with Gasteiger partial charge >= 0.3 is 12.1 Å². The van der Waals surface area contributed by atoms with Crippen molar-refractivity contribution in [2.45, 2.75) is 25.6 Å². The Labute approximate surface area is 118 Å². The molecule has 8 heteroatoms. The number of nitrogens with one attached hydrogen (secondary N) is 1. The van der Waals surface area contributed by atoms with Crippen LogP contribution in [-0.2, 0) is 15.1 Å². The van der Waals surface area contributed by atoms with Crippen molar-refractivity contribution >= 4 is 5.97 Å². The number of hydrogen-bond acceptors (Lipinski definition) is 3. The molecule has 0 radical (unpaired) electrons. The SMILES string of the molecule is CCOC(=O)C(C)(NCC(F)(F)F)c1cccc(F)c1F. The number of hydrogen-bond donors (Lipinski definition) is 1. The van der Waals surface area contributed by atoms with Gasteiger partial charge in [-0.3, -0.25) is 5.32 Å². The fraction of sp³-hybridized carbons (Fsp3) is 0.462. The van der Waals surface area contributed by atoms with Crippen LogP contribution >= 0.6 is 0 Å². The molecule has 3 nitrogen and oxygen atoms in total. The van der Waals surface area contributed by atoms with Crippen molar-refractivity contribution in [3.63, 3.8) is 0 Å². The van der Waals surface area contributed by atoms with Crippen LogP contribution in [0.2, 0.25) is 0 Å². The molecule has 0 saturated carbocycles. The van der Waals surface area contributed by atoms with E-state index in [-0.39, 0.29) is 6.61 Å². The summed E-state index contributed by atoms with van der Waals surface area (Å²) in [4.78, 5) is 11.9. The third-order valence-electron chi connectivity index (χ3n) is 2.82. The Morgan fingerprint density at radius 1 is 1.29 bits per heavy atom. The van der Waals surface area contributed by atoms with E-state index >= 15 is 0 Å². The van der Waals surface area contributed by atoms with Gasteiger partial charge in [-0.1, -0.05) is 12.1 Å². The summed E-state index contributed by atoms with van der Waals surface area (Å²) in [6.45, 7) is 0.788. The van der Waals surface area contributed by atoms with Gasteiger partial charge in [0.2, 0.25) is 0 Å². The van der Waals surface area contributed by atoms with E-state index in [1.54, 1.807) is 0 Å². The quantitative estimate of drug-likeness (QED) is 0.671. The van der Waals surface area contributed by atoms with Crippen LogP contribution in [0.1, 0.15) is 19.4 Å². The molecule has 0 fully saturated rings. The minimum Gasteiger partial charge on any atom is -0.464 e. The second-order valence-electron chi connectivity index (χ2n) is 4.42. The van der Waals surface area contributed by atoms with Gasteiger partial charge in [-0.15, -0.1) is 0 Å². The van der Waals surface area contributed by atoms with Crippen LogP contribution < -0.4 is 5.32 Å². The number of ether oxygens (including phenoxy) is 1. The van der Waals surface area contributed by atoms with Gasteiger partial charge in [-0.05, 0) is 19.9 Å². The standard InChI is InChI=1S/C13H14F5NO2/c1-3-21-11(20)12(2,19-7-13(16,17)18)8-5-4-6-9(14)10(8)15/h4-6,19H,3,7H2,1-2H3. The lowest BCUT2D eigenvalue weighted by Gasteiger charge is -2.30. The third kappa shape index (κ3) is 4.13. The smallest absolute Gasteiger partial charge is 0.401 e. The maximum atomic E-state index is 13.8. The van der Waals surface area contributed by atoms with Gasteiger partial charge in [-0.25, -0.2) is 13.6 Å². The normalized spacial score (nSPS) is 14.6. The number of alkyl halides is 3. The van der Waals surface area contributed by atoms with Crippen molar-refractivity contribution in [1.82, 2.24) is 5.32 Å². The Kier molecular flexibility index (Phi) is 5.27. The zero-order valence-corrected chi connectivity index (χ0v) is 11.4. The van der Waals surface area contributed by atoms with E-state index in [0.29, 0.717) is 0 Å². The van der Waals surface area contributed by atoms with Gasteiger partial charge in [0.15, 0.2) is 11.6 Å². The van der Waals surface area contributed by atoms with Crippen molar-refractivity contribution in [3.05, 3.63) is 35.4 Å². The van der Waals surface area contributed by atoms with Gasteiger partial charge in [0.05, 0.1) is 13.2 Å². The van der Waals surface area contributed by atoms with Crippen LogP contribution in [0.4, 0.5) is 22.0 Å². The van der Waals surface area contributed by atoms with Gasteiger partial charge in [0.1, 0.15) is 5.54 Å². The first kappa shape index (κ1) is 17.4. The molecule has 1 N–H and O–H groups in total. The Hall–Kier alpha value is -1.70. The summed E-state index contributed by atoms with van der Waals surface area (Å²) in [6.07, 6.45) is -4.63. The van der Waals surface area contributed by atoms with Crippen molar-refractivity contribution in [3.8, 4) is 0 Å². The molecule has 0 heterocycles. The molecular formula is C13H14F5NO2. The van der Waals surface area contributed by atoms with Crippen LogP contribution in [0, 0.1) is 11.6 Å². The summed E-state index contributed by atoms with van der Waals surface area (Å²) in [6, 6.07) is 2.92. The predicted molar refractivity (Wildman–Crippen MR) is 64.4 cm³/mol. The first-order chi connectivity index (χ1) is 9.62. The maximum absolute atomic E-state index is 13.8. The zero-order chi connectivity index (χ0) is 16.3. The minimum atomic E-state index is -4.63. The lowest BCUT2D eigenvalue weighted by molar-refractivity contribution is -0.155. The first-order valence-corrected chi connectivity index (χ1v) is 6.05. The average molecular weight is 311 g/mol. The van der Waals surface area contributed by atoms with E-state index in [4.69, 9.17) is 0 Å². The molecular weight excluding hydrogens is 297 g/mol. The highest BCUT2D eigenvalue weighted by Crippen LogP contribution is 2.28. The average Bonchev–Trinajstić information content (AvgIpc) is 2.38. The van der Waals surface area contributed by atoms with Gasteiger partial charge in [0.25, 0.3) is 0 Å². The summed E-state index contributed by atoms with van der Waals surface area (Å²) in [5, 5.41) is 1.90. The van der Waals surface area contributed by atoms with E-state index in [9.17, 15) is 26.7 Å². The van der Waals surface area contributed by atoms with E-state index in [1.807, 2.05) is 5.32 Å². The third-order valence-corrected chi connectivity index (χ3v) is 2.82. The molecule has 1 aromatic rings. The Morgan fingerprint density at radius 2 is 1.90 bits per heavy atom. The molecule has 0 aromatic heterocycles.